The zero-order valence-corrected chi connectivity index (χ0v) is 12.9. The van der Waals surface area contributed by atoms with Gasteiger partial charge < -0.3 is 11.5 Å². The average Bonchev–Trinajstić information content (AvgIpc) is 2.35. The number of rotatable bonds is 4. The molecule has 0 amide bonds. The number of fused-ring (bicyclic) bond motifs is 1. The number of benzene rings is 2. The molecule has 22 heavy (non-hydrogen) atoms. The third-order valence-electron chi connectivity index (χ3n) is 3.15. The van der Waals surface area contributed by atoms with Crippen LogP contribution in [-0.2, 0) is 26.7 Å². The molecule has 0 unspecified atom stereocenters. The van der Waals surface area contributed by atoms with Gasteiger partial charge in [0, 0.05) is 5.39 Å². The predicted octanol–water partition coefficient (Wildman–Crippen LogP) is 0.417. The van der Waals surface area contributed by atoms with Crippen molar-refractivity contribution in [3.05, 3.63) is 29.8 Å². The summed E-state index contributed by atoms with van der Waals surface area (Å²) in [5, 5.41) is 0.278. The van der Waals surface area contributed by atoms with E-state index in [1.54, 1.807) is 0 Å². The maximum Gasteiger partial charge on any atom is 0.297 e. The first-order valence-electron chi connectivity index (χ1n) is 6.06. The summed E-state index contributed by atoms with van der Waals surface area (Å²) in [6.45, 7) is 0.176. The molecule has 120 valence electrons. The number of hydrogen-bond donors (Lipinski definition) is 4. The first kappa shape index (κ1) is 16.6. The van der Waals surface area contributed by atoms with E-state index in [0.29, 0.717) is 10.9 Å². The first-order valence-corrected chi connectivity index (χ1v) is 8.94. The summed E-state index contributed by atoms with van der Waals surface area (Å²) in [6, 6.07) is 4.94. The SMILES string of the molecule is NCCc1cc(S(=O)(=O)O)cc2c(S(=O)(=O)O)c(N)ccc12. The molecule has 2 rings (SSSR count). The summed E-state index contributed by atoms with van der Waals surface area (Å²) in [5.41, 5.74) is 11.2. The van der Waals surface area contributed by atoms with Crippen molar-refractivity contribution in [2.24, 2.45) is 5.73 Å². The van der Waals surface area contributed by atoms with Gasteiger partial charge >= 0.3 is 0 Å². The molecule has 2 aromatic rings. The lowest BCUT2D eigenvalue weighted by Crippen LogP contribution is -2.09. The van der Waals surface area contributed by atoms with E-state index in [4.69, 9.17) is 11.5 Å². The van der Waals surface area contributed by atoms with Gasteiger partial charge in [-0.05, 0) is 42.1 Å². The molecule has 0 aliphatic heterocycles. The smallest absolute Gasteiger partial charge is 0.297 e. The highest BCUT2D eigenvalue weighted by molar-refractivity contribution is 7.86. The van der Waals surface area contributed by atoms with Crippen molar-refractivity contribution in [3.63, 3.8) is 0 Å². The maximum atomic E-state index is 11.5. The lowest BCUT2D eigenvalue weighted by atomic mass is 10.0. The van der Waals surface area contributed by atoms with Crippen LogP contribution in [0.2, 0.25) is 0 Å². The minimum atomic E-state index is -4.69. The Balaban J connectivity index is 3.04. The average molecular weight is 346 g/mol. The molecule has 2 aromatic carbocycles. The van der Waals surface area contributed by atoms with Gasteiger partial charge in [0.1, 0.15) is 4.90 Å². The topological polar surface area (TPSA) is 161 Å². The van der Waals surface area contributed by atoms with Crippen LogP contribution in [0, 0.1) is 0 Å². The van der Waals surface area contributed by atoms with Crippen LogP contribution in [0.15, 0.2) is 34.1 Å². The van der Waals surface area contributed by atoms with Crippen LogP contribution < -0.4 is 11.5 Å². The van der Waals surface area contributed by atoms with Crippen molar-refractivity contribution < 1.29 is 25.9 Å². The van der Waals surface area contributed by atoms with Crippen LogP contribution in [0.4, 0.5) is 5.69 Å². The van der Waals surface area contributed by atoms with E-state index in [0.717, 1.165) is 6.07 Å². The Labute approximate surface area is 127 Å². The zero-order chi connectivity index (χ0) is 16.7. The normalized spacial score (nSPS) is 12.7. The molecule has 0 atom stereocenters. The Kier molecular flexibility index (Phi) is 4.15. The molecule has 0 saturated carbocycles. The van der Waals surface area contributed by atoms with Crippen molar-refractivity contribution in [3.8, 4) is 0 Å². The molecule has 0 radical (unpaired) electrons. The summed E-state index contributed by atoms with van der Waals surface area (Å²) < 4.78 is 64.3. The highest BCUT2D eigenvalue weighted by Crippen LogP contribution is 2.33. The largest absolute Gasteiger partial charge is 0.398 e. The lowest BCUT2D eigenvalue weighted by Gasteiger charge is -2.12. The highest BCUT2D eigenvalue weighted by atomic mass is 32.2. The van der Waals surface area contributed by atoms with Gasteiger partial charge in [-0.2, -0.15) is 16.8 Å². The Morgan fingerprint density at radius 2 is 1.59 bits per heavy atom. The molecule has 0 spiro atoms. The van der Waals surface area contributed by atoms with Gasteiger partial charge in [0.15, 0.2) is 0 Å². The molecule has 8 nitrogen and oxygen atoms in total. The minimum Gasteiger partial charge on any atom is -0.398 e. The Hall–Kier alpha value is -1.72. The van der Waals surface area contributed by atoms with Crippen molar-refractivity contribution >= 4 is 36.7 Å². The molecule has 0 bridgehead atoms. The third kappa shape index (κ3) is 3.05. The molecule has 0 aliphatic carbocycles. The van der Waals surface area contributed by atoms with E-state index in [1.165, 1.54) is 18.2 Å². The third-order valence-corrected chi connectivity index (χ3v) is 4.95. The first-order chi connectivity index (χ1) is 10.1. The van der Waals surface area contributed by atoms with Crippen LogP contribution in [0.25, 0.3) is 10.8 Å². The van der Waals surface area contributed by atoms with Crippen molar-refractivity contribution in [2.45, 2.75) is 16.2 Å². The molecular formula is C12H14N2O6S2. The number of anilines is 1. The van der Waals surface area contributed by atoms with Crippen LogP contribution in [0.3, 0.4) is 0 Å². The molecule has 0 fully saturated rings. The van der Waals surface area contributed by atoms with Gasteiger partial charge in [0.05, 0.1) is 10.6 Å². The number of nitrogen functional groups attached to an aromatic ring is 1. The lowest BCUT2D eigenvalue weighted by molar-refractivity contribution is 0.480. The van der Waals surface area contributed by atoms with Crippen LogP contribution >= 0.6 is 0 Å². The molecule has 10 heteroatoms. The summed E-state index contributed by atoms with van der Waals surface area (Å²) in [4.78, 5) is -1.10. The molecular weight excluding hydrogens is 332 g/mol. The predicted molar refractivity (Wildman–Crippen MR) is 80.7 cm³/mol. The highest BCUT2D eigenvalue weighted by Gasteiger charge is 2.22. The molecule has 0 heterocycles. The Morgan fingerprint density at radius 3 is 2.09 bits per heavy atom. The van der Waals surface area contributed by atoms with E-state index in [-0.39, 0.29) is 24.0 Å². The summed E-state index contributed by atoms with van der Waals surface area (Å²) in [7, 11) is -9.26. The van der Waals surface area contributed by atoms with Crippen molar-refractivity contribution in [1.29, 1.82) is 0 Å². The maximum absolute atomic E-state index is 11.5. The van der Waals surface area contributed by atoms with Gasteiger partial charge in [-0.25, -0.2) is 0 Å². The second kappa shape index (κ2) is 5.48. The van der Waals surface area contributed by atoms with Crippen LogP contribution in [0.5, 0.6) is 0 Å². The van der Waals surface area contributed by atoms with E-state index in [9.17, 15) is 25.9 Å². The standard InChI is InChI=1S/C12H14N2O6S2/c13-4-3-7-5-8(21(15,16)17)6-10-9(7)1-2-11(14)12(10)22(18,19)20/h1-2,5-6H,3-4,13-14H2,(H,15,16,17)(H,18,19,20). The second-order valence-corrected chi connectivity index (χ2v) is 7.43. The zero-order valence-electron chi connectivity index (χ0n) is 11.2. The molecule has 0 aromatic heterocycles. The number of nitrogens with two attached hydrogens (primary N) is 2. The van der Waals surface area contributed by atoms with Crippen molar-refractivity contribution in [2.75, 3.05) is 12.3 Å². The summed E-state index contributed by atoms with van der Waals surface area (Å²) >= 11 is 0. The van der Waals surface area contributed by atoms with E-state index in [1.807, 2.05) is 0 Å². The number of hydrogen-bond acceptors (Lipinski definition) is 6. The minimum absolute atomic E-state index is 0.0962. The Morgan fingerprint density at radius 1 is 0.955 bits per heavy atom. The van der Waals surface area contributed by atoms with Gasteiger partial charge in [0.2, 0.25) is 0 Å². The van der Waals surface area contributed by atoms with Gasteiger partial charge in [-0.15, -0.1) is 0 Å². The Bertz CT molecular complexity index is 951. The molecule has 0 aliphatic rings. The van der Waals surface area contributed by atoms with Crippen LogP contribution in [-0.4, -0.2) is 32.5 Å². The molecule has 0 saturated heterocycles. The van der Waals surface area contributed by atoms with Gasteiger partial charge in [-0.3, -0.25) is 9.11 Å². The van der Waals surface area contributed by atoms with Gasteiger partial charge in [0.25, 0.3) is 20.2 Å². The van der Waals surface area contributed by atoms with E-state index in [2.05, 4.69) is 0 Å². The monoisotopic (exact) mass is 346 g/mol. The fourth-order valence-electron chi connectivity index (χ4n) is 2.27. The fourth-order valence-corrected chi connectivity index (χ4v) is 3.64. The van der Waals surface area contributed by atoms with E-state index >= 15 is 0 Å². The van der Waals surface area contributed by atoms with Crippen molar-refractivity contribution in [1.82, 2.24) is 0 Å². The quantitative estimate of drug-likeness (QED) is 0.457. The fraction of sp³-hybridized carbons (Fsp3) is 0.167. The van der Waals surface area contributed by atoms with Crippen LogP contribution in [0.1, 0.15) is 5.56 Å². The van der Waals surface area contributed by atoms with Gasteiger partial charge in [-0.1, -0.05) is 6.07 Å². The molecule has 6 N–H and O–H groups in total. The second-order valence-electron chi connectivity index (χ2n) is 4.65. The van der Waals surface area contributed by atoms with E-state index < -0.39 is 30.0 Å². The summed E-state index contributed by atoms with van der Waals surface area (Å²) in [5.74, 6) is 0. The summed E-state index contributed by atoms with van der Waals surface area (Å²) in [6.07, 6.45) is 0.245.